The Morgan fingerprint density at radius 3 is 3.14 bits per heavy atom. The number of halogens is 1. The first kappa shape index (κ1) is 15.7. The summed E-state index contributed by atoms with van der Waals surface area (Å²) < 4.78 is 3.25. The molecule has 0 spiro atoms. The van der Waals surface area contributed by atoms with Gasteiger partial charge in [0.2, 0.25) is 0 Å². The molecule has 118 valence electrons. The fourth-order valence-corrected chi connectivity index (χ4v) is 3.38. The fraction of sp³-hybridized carbons (Fsp3) is 0.471. The number of piperidine rings is 1. The highest BCUT2D eigenvalue weighted by molar-refractivity contribution is 9.10. The molecule has 2 aromatic rings. The third-order valence-electron chi connectivity index (χ3n) is 4.33. The molecule has 1 fully saturated rings. The van der Waals surface area contributed by atoms with Crippen LogP contribution < -0.4 is 5.32 Å². The molecule has 0 unspecified atom stereocenters. The van der Waals surface area contributed by atoms with E-state index in [0.717, 1.165) is 41.4 Å². The Morgan fingerprint density at radius 1 is 1.55 bits per heavy atom. The van der Waals surface area contributed by atoms with Crippen LogP contribution in [0.3, 0.4) is 0 Å². The summed E-state index contributed by atoms with van der Waals surface area (Å²) in [7, 11) is 0. The molecule has 1 aliphatic rings. The maximum absolute atomic E-state index is 10.1. The fourth-order valence-electron chi connectivity index (χ4n) is 3.07. The van der Waals surface area contributed by atoms with Crippen molar-refractivity contribution in [1.29, 1.82) is 0 Å². The second-order valence-electron chi connectivity index (χ2n) is 6.12. The standard InChI is InChI=1S/C17H22BrN3O/c1-11(8-14-16(22)4-3-7-19-14)9-21-10-20-17-12(2)13(18)5-6-15(17)21/h5-6,8,10,14,16,19,22H,3-4,7,9H2,1-2H3/b11-8+/t14-,16+/m1/s1. The van der Waals surface area contributed by atoms with Gasteiger partial charge in [-0.25, -0.2) is 4.98 Å². The molecule has 2 N–H and O–H groups in total. The van der Waals surface area contributed by atoms with Crippen molar-refractivity contribution in [3.8, 4) is 0 Å². The summed E-state index contributed by atoms with van der Waals surface area (Å²) in [5.41, 5.74) is 4.59. The van der Waals surface area contributed by atoms with Gasteiger partial charge in [-0.15, -0.1) is 0 Å². The minimum absolute atomic E-state index is 0.0689. The van der Waals surface area contributed by atoms with Gasteiger partial charge in [0.25, 0.3) is 0 Å². The molecule has 0 saturated carbocycles. The van der Waals surface area contributed by atoms with E-state index < -0.39 is 0 Å². The minimum Gasteiger partial charge on any atom is -0.391 e. The maximum Gasteiger partial charge on any atom is 0.0961 e. The molecule has 1 aromatic heterocycles. The van der Waals surface area contributed by atoms with Gasteiger partial charge >= 0.3 is 0 Å². The lowest BCUT2D eigenvalue weighted by molar-refractivity contribution is 0.115. The number of aryl methyl sites for hydroxylation is 1. The Hall–Kier alpha value is -1.17. The van der Waals surface area contributed by atoms with E-state index in [0.29, 0.717) is 0 Å². The average Bonchev–Trinajstić information content (AvgIpc) is 2.89. The zero-order valence-electron chi connectivity index (χ0n) is 13.0. The maximum atomic E-state index is 10.1. The molecular weight excluding hydrogens is 342 g/mol. The molecule has 0 radical (unpaired) electrons. The highest BCUT2D eigenvalue weighted by Gasteiger charge is 2.20. The lowest BCUT2D eigenvalue weighted by Gasteiger charge is -2.27. The average molecular weight is 364 g/mol. The van der Waals surface area contributed by atoms with E-state index in [1.54, 1.807) is 0 Å². The molecule has 3 rings (SSSR count). The summed E-state index contributed by atoms with van der Waals surface area (Å²) in [6.07, 6.45) is 5.70. The molecule has 0 amide bonds. The third-order valence-corrected chi connectivity index (χ3v) is 5.19. The molecule has 2 atom stereocenters. The van der Waals surface area contributed by atoms with Gasteiger partial charge in [-0.2, -0.15) is 0 Å². The first-order valence-corrected chi connectivity index (χ1v) is 8.54. The predicted molar refractivity (Wildman–Crippen MR) is 93.0 cm³/mol. The number of allylic oxidation sites excluding steroid dienone is 1. The van der Waals surface area contributed by atoms with Gasteiger partial charge in [0.15, 0.2) is 0 Å². The number of aromatic nitrogens is 2. The van der Waals surface area contributed by atoms with Crippen molar-refractivity contribution in [3.05, 3.63) is 40.1 Å². The van der Waals surface area contributed by atoms with Gasteiger partial charge in [0.1, 0.15) is 0 Å². The molecular formula is C17H22BrN3O. The van der Waals surface area contributed by atoms with Crippen LogP contribution in [0.15, 0.2) is 34.6 Å². The number of aliphatic hydroxyl groups excluding tert-OH is 1. The molecule has 5 heteroatoms. The van der Waals surface area contributed by atoms with Crippen LogP contribution in [0, 0.1) is 6.92 Å². The van der Waals surface area contributed by atoms with Crippen molar-refractivity contribution < 1.29 is 5.11 Å². The second-order valence-corrected chi connectivity index (χ2v) is 6.97. The van der Waals surface area contributed by atoms with Crippen molar-refractivity contribution in [2.75, 3.05) is 6.54 Å². The topological polar surface area (TPSA) is 50.1 Å². The van der Waals surface area contributed by atoms with Crippen molar-refractivity contribution >= 4 is 27.0 Å². The van der Waals surface area contributed by atoms with E-state index in [9.17, 15) is 5.11 Å². The summed E-state index contributed by atoms with van der Waals surface area (Å²) in [6, 6.07) is 4.24. The van der Waals surface area contributed by atoms with Crippen LogP contribution in [0.4, 0.5) is 0 Å². The number of nitrogens with zero attached hydrogens (tertiary/aromatic N) is 2. The van der Waals surface area contributed by atoms with Gasteiger partial charge in [-0.3, -0.25) is 0 Å². The molecule has 0 aliphatic carbocycles. The van der Waals surface area contributed by atoms with Crippen LogP contribution in [0.5, 0.6) is 0 Å². The minimum atomic E-state index is -0.276. The Labute approximate surface area is 139 Å². The highest BCUT2D eigenvalue weighted by Crippen LogP contribution is 2.25. The zero-order valence-corrected chi connectivity index (χ0v) is 14.6. The largest absolute Gasteiger partial charge is 0.391 e. The smallest absolute Gasteiger partial charge is 0.0961 e. The van der Waals surface area contributed by atoms with Crippen molar-refractivity contribution in [3.63, 3.8) is 0 Å². The number of imidazole rings is 1. The number of benzene rings is 1. The predicted octanol–water partition coefficient (Wildman–Crippen LogP) is 3.17. The lowest BCUT2D eigenvalue weighted by atomic mass is 9.99. The second kappa shape index (κ2) is 6.52. The van der Waals surface area contributed by atoms with E-state index in [1.807, 2.05) is 6.33 Å². The van der Waals surface area contributed by atoms with Crippen molar-refractivity contribution in [2.24, 2.45) is 0 Å². The summed E-state index contributed by atoms with van der Waals surface area (Å²) in [6.45, 7) is 5.96. The molecule has 22 heavy (non-hydrogen) atoms. The van der Waals surface area contributed by atoms with Crippen LogP contribution in [0.25, 0.3) is 11.0 Å². The SMILES string of the molecule is C/C(=C\[C@H]1NCCC[C@@H]1O)Cn1cnc2c(C)c(Br)ccc21. The van der Waals surface area contributed by atoms with Crippen LogP contribution in [0.2, 0.25) is 0 Å². The van der Waals surface area contributed by atoms with E-state index in [2.05, 4.69) is 62.9 Å². The van der Waals surface area contributed by atoms with Crippen LogP contribution in [-0.4, -0.2) is 33.3 Å². The van der Waals surface area contributed by atoms with Crippen molar-refractivity contribution in [1.82, 2.24) is 14.9 Å². The Bertz CT molecular complexity index is 707. The van der Waals surface area contributed by atoms with Gasteiger partial charge in [-0.05, 0) is 50.9 Å². The molecule has 1 aromatic carbocycles. The molecule has 1 aliphatic heterocycles. The monoisotopic (exact) mass is 363 g/mol. The Balaban J connectivity index is 1.82. The number of hydrogen-bond donors (Lipinski definition) is 2. The number of nitrogens with one attached hydrogen (secondary N) is 1. The highest BCUT2D eigenvalue weighted by atomic mass is 79.9. The molecule has 2 heterocycles. The van der Waals surface area contributed by atoms with Crippen molar-refractivity contribution in [2.45, 2.75) is 45.4 Å². The quantitative estimate of drug-likeness (QED) is 0.823. The first-order valence-electron chi connectivity index (χ1n) is 7.75. The summed E-state index contributed by atoms with van der Waals surface area (Å²) in [4.78, 5) is 4.53. The van der Waals surface area contributed by atoms with Gasteiger partial charge < -0.3 is 15.0 Å². The summed E-state index contributed by atoms with van der Waals surface area (Å²) in [5.74, 6) is 0. The summed E-state index contributed by atoms with van der Waals surface area (Å²) in [5, 5.41) is 13.4. The van der Waals surface area contributed by atoms with E-state index in [1.165, 1.54) is 11.1 Å². The lowest BCUT2D eigenvalue weighted by Crippen LogP contribution is -2.43. The van der Waals surface area contributed by atoms with Gasteiger partial charge in [-0.1, -0.05) is 27.6 Å². The number of rotatable bonds is 3. The number of fused-ring (bicyclic) bond motifs is 1. The van der Waals surface area contributed by atoms with Crippen LogP contribution >= 0.6 is 15.9 Å². The van der Waals surface area contributed by atoms with Gasteiger partial charge in [0.05, 0.1) is 29.5 Å². The molecule has 4 nitrogen and oxygen atoms in total. The first-order chi connectivity index (χ1) is 10.6. The third kappa shape index (κ3) is 3.12. The Kier molecular flexibility index (Phi) is 4.66. The van der Waals surface area contributed by atoms with E-state index in [4.69, 9.17) is 0 Å². The van der Waals surface area contributed by atoms with E-state index in [-0.39, 0.29) is 12.1 Å². The van der Waals surface area contributed by atoms with Crippen LogP contribution in [0.1, 0.15) is 25.3 Å². The molecule has 1 saturated heterocycles. The zero-order chi connectivity index (χ0) is 15.7. The number of hydrogen-bond acceptors (Lipinski definition) is 3. The summed E-state index contributed by atoms with van der Waals surface area (Å²) >= 11 is 3.55. The number of aliphatic hydroxyl groups is 1. The van der Waals surface area contributed by atoms with Gasteiger partial charge in [0, 0.05) is 11.0 Å². The molecule has 0 bridgehead atoms. The van der Waals surface area contributed by atoms with Crippen LogP contribution in [-0.2, 0) is 6.54 Å². The van der Waals surface area contributed by atoms with E-state index >= 15 is 0 Å². The Morgan fingerprint density at radius 2 is 2.36 bits per heavy atom. The normalized spacial score (nSPS) is 23.2.